The van der Waals surface area contributed by atoms with E-state index in [4.69, 9.17) is 82.8 Å². The summed E-state index contributed by atoms with van der Waals surface area (Å²) < 4.78 is 125. The van der Waals surface area contributed by atoms with Crippen LogP contribution in [-0.2, 0) is 94.4 Å². The molecular weight excluding hydrogens is 1980 g/mol. The molecule has 754 valence electrons. The number of carboxylic acid groups (broad SMARTS) is 6. The Morgan fingerprint density at radius 3 is 0.794 bits per heavy atom. The van der Waals surface area contributed by atoms with E-state index in [1.54, 1.807) is 42.5 Å². The number of thiophene rings is 4. The van der Waals surface area contributed by atoms with E-state index in [1.165, 1.54) is 78.1 Å². The Labute approximate surface area is 817 Å². The lowest BCUT2D eigenvalue weighted by atomic mass is 9.94. The number of carboxylic acids is 6. The van der Waals surface area contributed by atoms with Crippen LogP contribution in [0.25, 0.3) is 0 Å². The van der Waals surface area contributed by atoms with E-state index < -0.39 is 194 Å². The number of hydrogen-bond donors (Lipinski definition) is 16. The number of esters is 4. The fourth-order valence-electron chi connectivity index (χ4n) is 15.5. The molecule has 51 heteroatoms. The van der Waals surface area contributed by atoms with Crippen molar-refractivity contribution in [1.29, 1.82) is 21.6 Å². The monoisotopic (exact) mass is 2070 g/mol. The predicted molar refractivity (Wildman–Crippen MR) is 501 cm³/mol. The van der Waals surface area contributed by atoms with Crippen molar-refractivity contribution in [2.75, 3.05) is 37.7 Å². The average molecular weight is 2080 g/mol. The van der Waals surface area contributed by atoms with E-state index in [2.05, 4.69) is 0 Å². The molecular formula is C90H97F3N12O30S6. The number of aliphatic carboxylic acids is 6. The average Bonchev–Trinajstić information content (AvgIpc) is 1.71. The summed E-state index contributed by atoms with van der Waals surface area (Å²) in [6.07, 6.45) is 1.87. The van der Waals surface area contributed by atoms with Gasteiger partial charge in [0.15, 0.2) is 57.8 Å². The zero-order chi connectivity index (χ0) is 104. The summed E-state index contributed by atoms with van der Waals surface area (Å²) in [7, 11) is -9.10. The molecule has 8 aromatic rings. The van der Waals surface area contributed by atoms with E-state index in [0.717, 1.165) is 79.7 Å². The molecule has 4 fully saturated rings. The number of halogens is 3. The highest BCUT2D eigenvalue weighted by molar-refractivity contribution is 7.86. The Hall–Kier alpha value is -13.6. The van der Waals surface area contributed by atoms with Gasteiger partial charge in [0, 0.05) is 93.6 Å². The number of nitrogens with one attached hydrogen (secondary N) is 4. The second-order valence-corrected chi connectivity index (χ2v) is 40.4. The molecule has 0 unspecified atom stereocenters. The van der Waals surface area contributed by atoms with Gasteiger partial charge in [-0.1, -0.05) is 0 Å². The molecule has 8 heterocycles. The summed E-state index contributed by atoms with van der Waals surface area (Å²) >= 11 is 4.55. The van der Waals surface area contributed by atoms with Gasteiger partial charge in [-0.3, -0.25) is 98.3 Å². The molecule has 4 aliphatic rings. The van der Waals surface area contributed by atoms with Crippen LogP contribution in [0.5, 0.6) is 23.0 Å². The number of nitrogen functional groups attached to an aromatic ring is 4. The number of nitrogens with two attached hydrogens (primary N) is 4. The van der Waals surface area contributed by atoms with Crippen molar-refractivity contribution in [2.24, 2.45) is 46.6 Å². The number of amidine groups is 4. The van der Waals surface area contributed by atoms with Crippen LogP contribution >= 0.6 is 45.3 Å². The Morgan fingerprint density at radius 1 is 0.340 bits per heavy atom. The topological polar surface area (TPSA) is 718 Å². The number of nitrogens with zero attached hydrogens (tertiary/aromatic N) is 4. The van der Waals surface area contributed by atoms with Crippen molar-refractivity contribution in [3.8, 4) is 23.0 Å². The maximum absolute atomic E-state index is 14.2. The highest BCUT2D eigenvalue weighted by Crippen LogP contribution is 2.35. The lowest BCUT2D eigenvalue weighted by molar-refractivity contribution is -0.149. The summed E-state index contributed by atoms with van der Waals surface area (Å²) in [4.78, 5) is 179. The van der Waals surface area contributed by atoms with Crippen LogP contribution in [0.1, 0.15) is 170 Å². The third-order valence-electron chi connectivity index (χ3n) is 22.4. The molecule has 20 N–H and O–H groups in total. The zero-order valence-electron chi connectivity index (χ0n) is 74.5. The maximum Gasteiger partial charge on any atom is 0.353 e. The lowest BCUT2D eigenvalue weighted by Crippen LogP contribution is -2.38. The molecule has 0 aliphatic carbocycles. The summed E-state index contributed by atoms with van der Waals surface area (Å²) in [6.45, 7) is 3.64. The number of Topliss-reactive ketones (excluding diaryl/α,β-unsaturated/α-hetero) is 4. The number of benzene rings is 4. The van der Waals surface area contributed by atoms with Crippen molar-refractivity contribution >= 4 is 172 Å². The molecule has 4 aromatic heterocycles. The minimum atomic E-state index is -4.56. The van der Waals surface area contributed by atoms with E-state index in [1.807, 2.05) is 19.6 Å². The Kier molecular flexibility index (Phi) is 39.8. The predicted octanol–water partition coefficient (Wildman–Crippen LogP) is 8.65. The molecule has 4 aliphatic heterocycles. The van der Waals surface area contributed by atoms with Gasteiger partial charge < -0.3 is 72.5 Å². The molecule has 12 rings (SSSR count). The fourth-order valence-corrected chi connectivity index (χ4v) is 20.7. The molecule has 0 radical (unpaired) electrons. The minimum absolute atomic E-state index is 0.0959. The molecule has 141 heavy (non-hydrogen) atoms. The van der Waals surface area contributed by atoms with Gasteiger partial charge in [0.2, 0.25) is 0 Å². The van der Waals surface area contributed by atoms with Crippen molar-refractivity contribution in [3.05, 3.63) is 206 Å². The van der Waals surface area contributed by atoms with Crippen LogP contribution in [0.2, 0.25) is 0 Å². The largest absolute Gasteiger partial charge is 0.481 e. The lowest BCUT2D eigenvalue weighted by Gasteiger charge is -2.23. The van der Waals surface area contributed by atoms with E-state index >= 15 is 0 Å². The summed E-state index contributed by atoms with van der Waals surface area (Å²) in [6, 6.07) is 27.6. The molecule has 0 spiro atoms. The molecule has 42 nitrogen and oxygen atoms in total. The van der Waals surface area contributed by atoms with Gasteiger partial charge in [-0.15, -0.1) is 45.3 Å². The number of carbonyl (C=O) groups excluding carboxylic acids is 8. The van der Waals surface area contributed by atoms with Crippen LogP contribution < -0.4 is 41.9 Å². The number of carbonyl (C=O) groups is 14. The summed E-state index contributed by atoms with van der Waals surface area (Å²) in [5.74, 6) is -24.4. The van der Waals surface area contributed by atoms with E-state index in [-0.39, 0.29) is 103 Å². The highest BCUT2D eigenvalue weighted by Gasteiger charge is 2.41. The first kappa shape index (κ1) is 111. The minimum Gasteiger partial charge on any atom is -0.481 e. The molecule has 8 atom stereocenters. The van der Waals surface area contributed by atoms with E-state index in [0.29, 0.717) is 105 Å². The zero-order valence-corrected chi connectivity index (χ0v) is 79.4. The van der Waals surface area contributed by atoms with Crippen LogP contribution in [0, 0.1) is 62.8 Å². The SMILES string of the molecule is N=C(N)c1ccc(OC(=O)c2ccc(CN3CCC[C@@H]3C(=O)C[C@@H](CC(=O)O)C(=O)O)s2)c(F)c1.N=C(N)c1ccc(OC(=O)c2ccc(CN3CCC[C@@H]3C(=O)C[C@@H](CS(=O)(=O)O)C(=O)O)s2)c(F)c1.N=C(N)c1ccc(OC(=O)c2ccc(CN3CCC[C@@H]3C(=O)C[C@@H](CS(=O)(=O)O)C(=O)O)s2)cc1.N=C(N)c1ccc(OC(=O)c2ccc(CN3CCC[C@@H]3C(=O)C[C@H](CC(=O)O)C(=O)O)s2)c(F)c1. The molecule has 0 bridgehead atoms. The maximum atomic E-state index is 14.2. The van der Waals surface area contributed by atoms with Crippen molar-refractivity contribution in [1.82, 2.24) is 19.6 Å². The first-order valence-electron chi connectivity index (χ1n) is 42.8. The molecule has 4 saturated heterocycles. The van der Waals surface area contributed by atoms with Crippen molar-refractivity contribution in [2.45, 2.75) is 140 Å². The number of hydrogen-bond acceptors (Lipinski definition) is 34. The Bertz CT molecular complexity index is 6170. The summed E-state index contributed by atoms with van der Waals surface area (Å²) in [5.41, 5.74) is 22.3. The first-order valence-corrected chi connectivity index (χ1v) is 49.3. The third kappa shape index (κ3) is 33.6. The first-order chi connectivity index (χ1) is 66.3. The Balaban J connectivity index is 0.000000210. The second kappa shape index (κ2) is 50.5. The van der Waals surface area contributed by atoms with Gasteiger partial charge in [-0.2, -0.15) is 16.8 Å². The number of ketones is 4. The molecule has 0 saturated carbocycles. The van der Waals surface area contributed by atoms with Crippen LogP contribution in [0.3, 0.4) is 0 Å². The van der Waals surface area contributed by atoms with Gasteiger partial charge in [0.25, 0.3) is 20.2 Å². The standard InChI is InChI=1S/2C23H24FN3O7S.C22H24FN3O8S2.C22H25N3O8S2/c2*24-15-8-12(21(25)26)3-5-18(15)34-23(33)19-6-4-14(35-19)11-27-7-1-2-16(27)17(28)9-13(22(31)32)10-20(29)30;23-15-8-12(20(24)25)3-5-18(15)34-22(30)19-6-4-14(35-19)10-26-7-1-2-16(26)17(27)9-13(21(28)29)11-36(31,32)33;23-20(24)13-3-5-15(6-4-13)33-22(29)19-8-7-16(34-19)11-25-9-1-2-17(25)18(26)10-14(21(27)28)12-35(30,31)32/h2*3-6,8,13,16H,1-2,7,9-11H2,(H3,25,26)(H,29,30)(H,31,32);3-6,8,13,16H,1-2,7,9-11H2,(H3,24,25)(H,28,29)(H,31,32,33);3-8,14,17H,1-2,9-12H2,(H3,23,24)(H,27,28)(H,30,31,32)/t13-,16+;13-,16-;13-,16+;14-,17+/m0100/s1. The number of rotatable bonds is 44. The second-order valence-electron chi connectivity index (χ2n) is 32.8. The van der Waals surface area contributed by atoms with Gasteiger partial charge in [0.05, 0.1) is 72.2 Å². The Morgan fingerprint density at radius 2 is 0.574 bits per heavy atom. The van der Waals surface area contributed by atoms with Crippen molar-refractivity contribution < 1.29 is 156 Å². The quantitative estimate of drug-likeness (QED) is 0.00558. The van der Waals surface area contributed by atoms with Crippen LogP contribution in [-0.4, -0.2) is 244 Å². The van der Waals surface area contributed by atoms with Gasteiger partial charge >= 0.3 is 59.7 Å². The van der Waals surface area contributed by atoms with Gasteiger partial charge in [-0.05, 0) is 205 Å². The van der Waals surface area contributed by atoms with Crippen molar-refractivity contribution in [3.63, 3.8) is 0 Å². The highest BCUT2D eigenvalue weighted by atomic mass is 32.2. The molecule has 0 amide bonds. The third-order valence-corrected chi connectivity index (χ3v) is 28.2. The number of likely N-dealkylation sites (tertiary alicyclic amines) is 4. The molecule has 4 aromatic carbocycles. The van der Waals surface area contributed by atoms with E-state index in [9.17, 15) is 118 Å². The van der Waals surface area contributed by atoms with Gasteiger partial charge in [0.1, 0.15) is 48.6 Å². The normalized spacial score (nSPS) is 16.8. The number of ether oxygens (including phenoxy) is 4. The van der Waals surface area contributed by atoms with Crippen LogP contribution in [0.4, 0.5) is 13.2 Å². The van der Waals surface area contributed by atoms with Crippen LogP contribution in [0.15, 0.2) is 127 Å². The van der Waals surface area contributed by atoms with Gasteiger partial charge in [-0.25, -0.2) is 32.3 Å². The smallest absolute Gasteiger partial charge is 0.353 e. The summed E-state index contributed by atoms with van der Waals surface area (Å²) in [5, 5.41) is 84.0. The fraction of sp³-hybridized carbons (Fsp3) is 0.356.